The summed E-state index contributed by atoms with van der Waals surface area (Å²) in [7, 11) is 2.68. The van der Waals surface area contributed by atoms with Crippen LogP contribution >= 0.6 is 9.24 Å². The van der Waals surface area contributed by atoms with E-state index in [1.54, 1.807) is 0 Å². The number of ketones is 1. The van der Waals surface area contributed by atoms with Crippen LogP contribution in [0, 0.1) is 0 Å². The quantitative estimate of drug-likeness (QED) is 0.431. The van der Waals surface area contributed by atoms with Crippen molar-refractivity contribution in [2.75, 3.05) is 0 Å². The second-order valence-electron chi connectivity index (χ2n) is 2.04. The van der Waals surface area contributed by atoms with Crippen molar-refractivity contribution in [1.82, 2.24) is 0 Å². The van der Waals surface area contributed by atoms with Crippen LogP contribution in [-0.2, 0) is 4.79 Å². The molecule has 0 aromatic rings. The SMILES string of the molecule is O=C1CCC(P)C1. The predicted molar refractivity (Wildman–Crippen MR) is 32.4 cm³/mol. The molecule has 1 rings (SSSR count). The molecule has 0 aliphatic heterocycles. The molecule has 0 N–H and O–H groups in total. The molecule has 0 radical (unpaired) electrons. The van der Waals surface area contributed by atoms with Crippen LogP contribution in [0.3, 0.4) is 0 Å². The van der Waals surface area contributed by atoms with Crippen LogP contribution in [0.5, 0.6) is 0 Å². The van der Waals surface area contributed by atoms with Gasteiger partial charge in [0, 0.05) is 12.8 Å². The molecular formula is C5H9OP. The summed E-state index contributed by atoms with van der Waals surface area (Å²) < 4.78 is 0. The number of rotatable bonds is 0. The van der Waals surface area contributed by atoms with Crippen molar-refractivity contribution in [3.8, 4) is 0 Å². The fourth-order valence-corrected chi connectivity index (χ4v) is 1.27. The lowest BCUT2D eigenvalue weighted by molar-refractivity contribution is -0.117. The summed E-state index contributed by atoms with van der Waals surface area (Å²) >= 11 is 0. The van der Waals surface area contributed by atoms with Gasteiger partial charge >= 0.3 is 0 Å². The Hall–Kier alpha value is 0.100. The van der Waals surface area contributed by atoms with Gasteiger partial charge in [-0.05, 0) is 12.1 Å². The molecule has 0 aromatic carbocycles. The monoisotopic (exact) mass is 116 g/mol. The third kappa shape index (κ3) is 1.24. The molecule has 1 nitrogen and oxygen atoms in total. The van der Waals surface area contributed by atoms with Gasteiger partial charge in [-0.2, -0.15) is 0 Å². The van der Waals surface area contributed by atoms with Gasteiger partial charge in [-0.1, -0.05) is 0 Å². The first kappa shape index (κ1) is 5.24. The molecular weight excluding hydrogens is 107 g/mol. The molecule has 0 aromatic heterocycles. The molecule has 1 aliphatic carbocycles. The molecule has 0 heterocycles. The normalized spacial score (nSPS) is 31.6. The summed E-state index contributed by atoms with van der Waals surface area (Å²) in [5.41, 5.74) is 0.590. The molecule has 1 aliphatic rings. The van der Waals surface area contributed by atoms with Crippen LogP contribution in [0.15, 0.2) is 0 Å². The molecule has 7 heavy (non-hydrogen) atoms. The van der Waals surface area contributed by atoms with E-state index in [1.165, 1.54) is 0 Å². The number of carbonyl (C=O) groups is 1. The minimum atomic E-state index is 0.431. The largest absolute Gasteiger partial charge is 0.300 e. The molecule has 0 spiro atoms. The van der Waals surface area contributed by atoms with Gasteiger partial charge in [0.15, 0.2) is 0 Å². The minimum absolute atomic E-state index is 0.431. The summed E-state index contributed by atoms with van der Waals surface area (Å²) in [4.78, 5) is 10.4. The van der Waals surface area contributed by atoms with E-state index in [0.717, 1.165) is 19.3 Å². The molecule has 0 bridgehead atoms. The van der Waals surface area contributed by atoms with Crippen molar-refractivity contribution in [2.45, 2.75) is 24.9 Å². The van der Waals surface area contributed by atoms with Crippen LogP contribution in [0.25, 0.3) is 0 Å². The molecule has 2 unspecified atom stereocenters. The zero-order valence-corrected chi connectivity index (χ0v) is 5.34. The Bertz CT molecular complexity index is 90.1. The van der Waals surface area contributed by atoms with E-state index in [-0.39, 0.29) is 0 Å². The molecule has 1 saturated carbocycles. The van der Waals surface area contributed by atoms with Crippen molar-refractivity contribution in [3.63, 3.8) is 0 Å². The van der Waals surface area contributed by atoms with Crippen molar-refractivity contribution in [2.24, 2.45) is 0 Å². The molecule has 40 valence electrons. The standard InChI is InChI=1S/C5H9OP/c6-4-1-2-5(7)3-4/h5H,1-3,7H2. The minimum Gasteiger partial charge on any atom is -0.300 e. The smallest absolute Gasteiger partial charge is 0.133 e. The van der Waals surface area contributed by atoms with Crippen LogP contribution in [0.1, 0.15) is 19.3 Å². The summed E-state index contributed by atoms with van der Waals surface area (Å²) in [6, 6.07) is 0. The Morgan fingerprint density at radius 2 is 2.43 bits per heavy atom. The highest BCUT2D eigenvalue weighted by Gasteiger charge is 2.16. The van der Waals surface area contributed by atoms with Crippen LogP contribution in [-0.4, -0.2) is 11.4 Å². The molecule has 0 saturated heterocycles. The highest BCUT2D eigenvalue weighted by atomic mass is 31.0. The second-order valence-corrected chi connectivity index (χ2v) is 2.98. The Labute approximate surface area is 45.7 Å². The lowest BCUT2D eigenvalue weighted by Gasteiger charge is -1.90. The van der Waals surface area contributed by atoms with Gasteiger partial charge in [-0.15, -0.1) is 9.24 Å². The third-order valence-corrected chi connectivity index (χ3v) is 1.85. The van der Waals surface area contributed by atoms with E-state index in [2.05, 4.69) is 9.24 Å². The topological polar surface area (TPSA) is 17.1 Å². The summed E-state index contributed by atoms with van der Waals surface area (Å²) in [6.07, 6.45) is 2.70. The second kappa shape index (κ2) is 1.92. The average Bonchev–Trinajstić information content (AvgIpc) is 1.87. The average molecular weight is 116 g/mol. The Morgan fingerprint density at radius 1 is 1.71 bits per heavy atom. The Kier molecular flexibility index (Phi) is 1.43. The summed E-state index contributed by atoms with van der Waals surface area (Å²) in [5, 5.41) is 0. The summed E-state index contributed by atoms with van der Waals surface area (Å²) in [5.74, 6) is 0.431. The number of hydrogen-bond acceptors (Lipinski definition) is 1. The molecule has 0 amide bonds. The fourth-order valence-electron chi connectivity index (χ4n) is 0.843. The van der Waals surface area contributed by atoms with E-state index in [0.29, 0.717) is 11.4 Å². The first-order valence-corrected chi connectivity index (χ1v) is 3.23. The molecule has 2 heteroatoms. The van der Waals surface area contributed by atoms with Crippen molar-refractivity contribution >= 4 is 15.0 Å². The van der Waals surface area contributed by atoms with Gasteiger partial charge in [0.05, 0.1) is 0 Å². The maximum absolute atomic E-state index is 10.4. The van der Waals surface area contributed by atoms with Crippen molar-refractivity contribution in [3.05, 3.63) is 0 Å². The maximum Gasteiger partial charge on any atom is 0.133 e. The number of hydrogen-bond donors (Lipinski definition) is 0. The lowest BCUT2D eigenvalue weighted by Crippen LogP contribution is -1.88. The maximum atomic E-state index is 10.4. The zero-order chi connectivity index (χ0) is 5.28. The highest BCUT2D eigenvalue weighted by Crippen LogP contribution is 2.21. The van der Waals surface area contributed by atoms with Crippen LogP contribution in [0.2, 0.25) is 0 Å². The van der Waals surface area contributed by atoms with Gasteiger partial charge in [0.2, 0.25) is 0 Å². The van der Waals surface area contributed by atoms with E-state index < -0.39 is 0 Å². The lowest BCUT2D eigenvalue weighted by atomic mass is 10.4. The number of carbonyl (C=O) groups excluding carboxylic acids is 1. The van der Waals surface area contributed by atoms with E-state index in [9.17, 15) is 4.79 Å². The van der Waals surface area contributed by atoms with Crippen molar-refractivity contribution < 1.29 is 4.79 Å². The van der Waals surface area contributed by atoms with Crippen LogP contribution < -0.4 is 0 Å². The van der Waals surface area contributed by atoms with Crippen molar-refractivity contribution in [1.29, 1.82) is 0 Å². The van der Waals surface area contributed by atoms with Gasteiger partial charge in [0.25, 0.3) is 0 Å². The highest BCUT2D eigenvalue weighted by molar-refractivity contribution is 7.17. The first-order chi connectivity index (χ1) is 3.29. The molecule has 2 atom stereocenters. The predicted octanol–water partition coefficient (Wildman–Crippen LogP) is 0.983. The van der Waals surface area contributed by atoms with Crippen LogP contribution in [0.4, 0.5) is 0 Å². The molecule has 1 fully saturated rings. The zero-order valence-electron chi connectivity index (χ0n) is 4.18. The Morgan fingerprint density at radius 3 is 2.57 bits per heavy atom. The van der Waals surface area contributed by atoms with Gasteiger partial charge in [-0.3, -0.25) is 4.79 Å². The summed E-state index contributed by atoms with van der Waals surface area (Å²) in [6.45, 7) is 0. The fraction of sp³-hybridized carbons (Fsp3) is 0.800. The number of Topliss-reactive ketones (excluding diaryl/α,β-unsaturated/α-hetero) is 1. The van der Waals surface area contributed by atoms with E-state index >= 15 is 0 Å². The van der Waals surface area contributed by atoms with E-state index in [1.807, 2.05) is 0 Å². The first-order valence-electron chi connectivity index (χ1n) is 2.56. The van der Waals surface area contributed by atoms with Gasteiger partial charge in [-0.25, -0.2) is 0 Å². The van der Waals surface area contributed by atoms with E-state index in [4.69, 9.17) is 0 Å². The third-order valence-electron chi connectivity index (χ3n) is 1.28. The Balaban J connectivity index is 2.40. The van der Waals surface area contributed by atoms with Gasteiger partial charge < -0.3 is 0 Å². The van der Waals surface area contributed by atoms with Gasteiger partial charge in [0.1, 0.15) is 5.78 Å².